The topological polar surface area (TPSA) is 75.2 Å². The van der Waals surface area contributed by atoms with E-state index in [1.165, 1.54) is 11.3 Å². The molecule has 1 N–H and O–H groups in total. The number of carbonyl (C=O) groups is 2. The van der Waals surface area contributed by atoms with Gasteiger partial charge in [-0.25, -0.2) is 9.97 Å². The van der Waals surface area contributed by atoms with Gasteiger partial charge in [0.1, 0.15) is 10.7 Å². The SMILES string of the molecule is CCN(CC)C(=O)c1ccc(NC(=O)c2sc3nc(C(C)(C)C)nc(C)c3c2C)cc1. The molecule has 0 aliphatic carbocycles. The first kappa shape index (κ1) is 22.9. The second-order valence-corrected chi connectivity index (χ2v) is 9.63. The predicted octanol–water partition coefficient (Wildman–Crippen LogP) is 5.34. The molecule has 2 amide bonds. The fourth-order valence-electron chi connectivity index (χ4n) is 3.47. The Morgan fingerprint density at radius 2 is 1.65 bits per heavy atom. The van der Waals surface area contributed by atoms with E-state index >= 15 is 0 Å². The van der Waals surface area contributed by atoms with Crippen molar-refractivity contribution in [1.82, 2.24) is 14.9 Å². The molecule has 6 nitrogen and oxygen atoms in total. The number of hydrogen-bond acceptors (Lipinski definition) is 5. The van der Waals surface area contributed by atoms with E-state index in [-0.39, 0.29) is 17.2 Å². The third kappa shape index (κ3) is 4.61. The zero-order chi connectivity index (χ0) is 22.9. The van der Waals surface area contributed by atoms with Gasteiger partial charge in [-0.15, -0.1) is 11.3 Å². The number of amides is 2. The van der Waals surface area contributed by atoms with Crippen molar-refractivity contribution >= 4 is 39.1 Å². The summed E-state index contributed by atoms with van der Waals surface area (Å²) in [6.07, 6.45) is 0. The zero-order valence-corrected chi connectivity index (χ0v) is 20.1. The standard InChI is InChI=1S/C24H30N4O2S/c1-8-28(9-2)22(30)16-10-12-17(13-11-16)26-20(29)19-14(3)18-15(4)25-23(24(5,6)7)27-21(18)31-19/h10-13H,8-9H2,1-7H3,(H,26,29). The Kier molecular flexibility index (Phi) is 6.46. The molecular weight excluding hydrogens is 408 g/mol. The van der Waals surface area contributed by atoms with Crippen molar-refractivity contribution in [2.75, 3.05) is 18.4 Å². The van der Waals surface area contributed by atoms with Gasteiger partial charge in [0.15, 0.2) is 0 Å². The van der Waals surface area contributed by atoms with Gasteiger partial charge in [0.05, 0.1) is 10.6 Å². The van der Waals surface area contributed by atoms with Crippen LogP contribution in [-0.4, -0.2) is 39.8 Å². The van der Waals surface area contributed by atoms with Crippen LogP contribution < -0.4 is 5.32 Å². The summed E-state index contributed by atoms with van der Waals surface area (Å²) in [7, 11) is 0. The van der Waals surface area contributed by atoms with Gasteiger partial charge in [0.2, 0.25) is 0 Å². The number of anilines is 1. The van der Waals surface area contributed by atoms with Crippen molar-refractivity contribution in [2.24, 2.45) is 0 Å². The number of hydrogen-bond donors (Lipinski definition) is 1. The minimum Gasteiger partial charge on any atom is -0.339 e. The smallest absolute Gasteiger partial charge is 0.266 e. The third-order valence-corrected chi connectivity index (χ3v) is 6.47. The van der Waals surface area contributed by atoms with Crippen LogP contribution in [0.1, 0.15) is 71.7 Å². The van der Waals surface area contributed by atoms with E-state index in [1.54, 1.807) is 29.2 Å². The minimum absolute atomic E-state index is 0.00747. The summed E-state index contributed by atoms with van der Waals surface area (Å²) in [6, 6.07) is 7.03. The first-order valence-electron chi connectivity index (χ1n) is 10.6. The van der Waals surface area contributed by atoms with E-state index < -0.39 is 0 Å². The van der Waals surface area contributed by atoms with Crippen molar-refractivity contribution in [1.29, 1.82) is 0 Å². The lowest BCUT2D eigenvalue weighted by Crippen LogP contribution is -2.30. The average Bonchev–Trinajstić information content (AvgIpc) is 3.06. The van der Waals surface area contributed by atoms with Crippen LogP contribution in [0, 0.1) is 13.8 Å². The maximum Gasteiger partial charge on any atom is 0.266 e. The molecule has 0 spiro atoms. The van der Waals surface area contributed by atoms with Gasteiger partial charge in [0.25, 0.3) is 11.8 Å². The van der Waals surface area contributed by atoms with Gasteiger partial charge in [0, 0.05) is 35.1 Å². The molecule has 164 valence electrons. The number of nitrogens with one attached hydrogen (secondary N) is 1. The van der Waals surface area contributed by atoms with E-state index in [9.17, 15) is 9.59 Å². The molecule has 0 radical (unpaired) electrons. The average molecular weight is 439 g/mol. The van der Waals surface area contributed by atoms with Crippen LogP contribution in [-0.2, 0) is 5.41 Å². The Morgan fingerprint density at radius 3 is 2.19 bits per heavy atom. The van der Waals surface area contributed by atoms with E-state index in [0.717, 1.165) is 27.3 Å². The largest absolute Gasteiger partial charge is 0.339 e. The Balaban J connectivity index is 1.86. The molecule has 3 rings (SSSR count). The van der Waals surface area contributed by atoms with Crippen LogP contribution in [0.25, 0.3) is 10.2 Å². The molecular formula is C24H30N4O2S. The third-order valence-electron chi connectivity index (χ3n) is 5.29. The van der Waals surface area contributed by atoms with E-state index in [2.05, 4.69) is 31.1 Å². The molecule has 3 aromatic rings. The number of benzene rings is 1. The number of carbonyl (C=O) groups excluding carboxylic acids is 2. The normalized spacial score (nSPS) is 11.6. The summed E-state index contributed by atoms with van der Waals surface area (Å²) >= 11 is 1.39. The molecule has 0 saturated heterocycles. The van der Waals surface area contributed by atoms with Gasteiger partial charge < -0.3 is 10.2 Å². The van der Waals surface area contributed by atoms with Crippen LogP contribution in [0.5, 0.6) is 0 Å². The van der Waals surface area contributed by atoms with E-state index in [1.807, 2.05) is 27.7 Å². The second-order valence-electron chi connectivity index (χ2n) is 8.63. The Hall–Kier alpha value is -2.80. The van der Waals surface area contributed by atoms with Crippen molar-refractivity contribution < 1.29 is 9.59 Å². The molecule has 0 unspecified atom stereocenters. The van der Waals surface area contributed by atoms with Crippen LogP contribution in [0.15, 0.2) is 24.3 Å². The summed E-state index contributed by atoms with van der Waals surface area (Å²) < 4.78 is 0. The molecule has 31 heavy (non-hydrogen) atoms. The predicted molar refractivity (Wildman–Crippen MR) is 127 cm³/mol. The number of nitrogens with zero attached hydrogens (tertiary/aromatic N) is 3. The summed E-state index contributed by atoms with van der Waals surface area (Å²) in [6.45, 7) is 15.4. The molecule has 1 aromatic carbocycles. The molecule has 0 saturated carbocycles. The second kappa shape index (κ2) is 8.75. The lowest BCUT2D eigenvalue weighted by molar-refractivity contribution is 0.0773. The number of aromatic nitrogens is 2. The number of fused-ring (bicyclic) bond motifs is 1. The van der Waals surface area contributed by atoms with Gasteiger partial charge in [-0.1, -0.05) is 20.8 Å². The highest BCUT2D eigenvalue weighted by Crippen LogP contribution is 2.33. The van der Waals surface area contributed by atoms with Gasteiger partial charge >= 0.3 is 0 Å². The number of thiophene rings is 1. The lowest BCUT2D eigenvalue weighted by atomic mass is 9.95. The molecule has 0 atom stereocenters. The first-order valence-corrected chi connectivity index (χ1v) is 11.4. The van der Waals surface area contributed by atoms with Crippen LogP contribution in [0.2, 0.25) is 0 Å². The Labute approximate surface area is 187 Å². The van der Waals surface area contributed by atoms with Crippen molar-refractivity contribution in [3.8, 4) is 0 Å². The van der Waals surface area contributed by atoms with E-state index in [0.29, 0.717) is 29.2 Å². The summed E-state index contributed by atoms with van der Waals surface area (Å²) in [5.41, 5.74) is 2.88. The van der Waals surface area contributed by atoms with Gasteiger partial charge in [-0.05, 0) is 57.5 Å². The van der Waals surface area contributed by atoms with Crippen LogP contribution in [0.3, 0.4) is 0 Å². The monoisotopic (exact) mass is 438 g/mol. The number of aryl methyl sites for hydroxylation is 2. The Morgan fingerprint density at radius 1 is 1.03 bits per heavy atom. The molecule has 0 bridgehead atoms. The van der Waals surface area contributed by atoms with Crippen molar-refractivity contribution in [3.05, 3.63) is 51.8 Å². The van der Waals surface area contributed by atoms with Crippen molar-refractivity contribution in [3.63, 3.8) is 0 Å². The maximum absolute atomic E-state index is 13.0. The molecule has 0 fully saturated rings. The minimum atomic E-state index is -0.181. The zero-order valence-electron chi connectivity index (χ0n) is 19.3. The van der Waals surface area contributed by atoms with Crippen LogP contribution in [0.4, 0.5) is 5.69 Å². The maximum atomic E-state index is 13.0. The lowest BCUT2D eigenvalue weighted by Gasteiger charge is -2.18. The molecule has 0 aliphatic heterocycles. The highest BCUT2D eigenvalue weighted by Gasteiger charge is 2.23. The first-order chi connectivity index (χ1) is 14.6. The number of rotatable bonds is 5. The van der Waals surface area contributed by atoms with Crippen LogP contribution >= 0.6 is 11.3 Å². The fourth-order valence-corrected chi connectivity index (χ4v) is 4.60. The molecule has 2 aromatic heterocycles. The highest BCUT2D eigenvalue weighted by molar-refractivity contribution is 7.20. The molecule has 7 heteroatoms. The van der Waals surface area contributed by atoms with Gasteiger partial charge in [-0.2, -0.15) is 0 Å². The van der Waals surface area contributed by atoms with Gasteiger partial charge in [-0.3, -0.25) is 9.59 Å². The van der Waals surface area contributed by atoms with E-state index in [4.69, 9.17) is 4.98 Å². The quantitative estimate of drug-likeness (QED) is 0.583. The summed E-state index contributed by atoms with van der Waals surface area (Å²) in [5, 5.41) is 3.89. The molecule has 2 heterocycles. The summed E-state index contributed by atoms with van der Waals surface area (Å²) in [4.78, 5) is 38.1. The Bertz CT molecular complexity index is 1120. The van der Waals surface area contributed by atoms with Crippen molar-refractivity contribution in [2.45, 2.75) is 53.9 Å². The fraction of sp³-hybridized carbons (Fsp3) is 0.417. The summed E-state index contributed by atoms with van der Waals surface area (Å²) in [5.74, 6) is 0.589. The molecule has 0 aliphatic rings. The highest BCUT2D eigenvalue weighted by atomic mass is 32.1.